The molecule has 3 nitrogen and oxygen atoms in total. The van der Waals surface area contributed by atoms with E-state index in [1.54, 1.807) is 0 Å². The Kier molecular flexibility index (Phi) is 3.46. The van der Waals surface area contributed by atoms with Gasteiger partial charge in [-0.1, -0.05) is 12.8 Å². The van der Waals surface area contributed by atoms with Gasteiger partial charge in [-0.2, -0.15) is 0 Å². The van der Waals surface area contributed by atoms with Gasteiger partial charge in [0.15, 0.2) is 0 Å². The zero-order valence-electron chi connectivity index (χ0n) is 10.3. The van der Waals surface area contributed by atoms with E-state index in [1.165, 1.54) is 71.5 Å². The molecule has 0 radical (unpaired) electrons. The first kappa shape index (κ1) is 11.0. The standard InChI is InChI=1S/C13H25N3/c1-2-4-12(3-1)11-15-5-7-16(8-6-15)13-9-14-10-13/h12-14H,1-11H2. The van der Waals surface area contributed by atoms with Gasteiger partial charge in [0.1, 0.15) is 0 Å². The number of nitrogens with one attached hydrogen (secondary N) is 1. The number of hydrogen-bond donors (Lipinski definition) is 1. The van der Waals surface area contributed by atoms with E-state index in [1.807, 2.05) is 0 Å². The molecule has 0 aromatic rings. The maximum atomic E-state index is 3.37. The second-order valence-electron chi connectivity index (χ2n) is 5.80. The van der Waals surface area contributed by atoms with Crippen molar-refractivity contribution >= 4 is 0 Å². The quantitative estimate of drug-likeness (QED) is 0.762. The van der Waals surface area contributed by atoms with Crippen molar-refractivity contribution in [2.75, 3.05) is 45.8 Å². The predicted molar refractivity (Wildman–Crippen MR) is 66.6 cm³/mol. The van der Waals surface area contributed by atoms with E-state index in [4.69, 9.17) is 0 Å². The van der Waals surface area contributed by atoms with Crippen molar-refractivity contribution in [3.8, 4) is 0 Å². The van der Waals surface area contributed by atoms with Gasteiger partial charge in [0, 0.05) is 51.9 Å². The molecule has 0 unspecified atom stereocenters. The Hall–Kier alpha value is -0.120. The molecule has 1 N–H and O–H groups in total. The summed E-state index contributed by atoms with van der Waals surface area (Å²) in [5, 5.41) is 3.37. The zero-order valence-corrected chi connectivity index (χ0v) is 10.3. The van der Waals surface area contributed by atoms with E-state index in [0.717, 1.165) is 12.0 Å². The summed E-state index contributed by atoms with van der Waals surface area (Å²) in [5.74, 6) is 1.02. The molecule has 0 aromatic carbocycles. The molecular weight excluding hydrogens is 198 g/mol. The molecule has 2 heterocycles. The Labute approximate surface area is 99.2 Å². The highest BCUT2D eigenvalue weighted by molar-refractivity contribution is 4.87. The molecule has 0 spiro atoms. The van der Waals surface area contributed by atoms with E-state index in [-0.39, 0.29) is 0 Å². The largest absolute Gasteiger partial charge is 0.314 e. The first-order chi connectivity index (χ1) is 7.92. The van der Waals surface area contributed by atoms with Gasteiger partial charge < -0.3 is 10.2 Å². The minimum atomic E-state index is 0.855. The van der Waals surface area contributed by atoms with E-state index in [9.17, 15) is 0 Å². The highest BCUT2D eigenvalue weighted by Crippen LogP contribution is 2.25. The summed E-state index contributed by atoms with van der Waals surface area (Å²) in [7, 11) is 0. The maximum Gasteiger partial charge on any atom is 0.0346 e. The van der Waals surface area contributed by atoms with Gasteiger partial charge in [0.2, 0.25) is 0 Å². The van der Waals surface area contributed by atoms with Crippen LogP contribution in [0.5, 0.6) is 0 Å². The fourth-order valence-corrected chi connectivity index (χ4v) is 3.40. The molecule has 92 valence electrons. The van der Waals surface area contributed by atoms with Crippen LogP contribution in [-0.2, 0) is 0 Å². The normalized spacial score (nSPS) is 30.8. The summed E-state index contributed by atoms with van der Waals surface area (Å²) in [4.78, 5) is 5.39. The van der Waals surface area contributed by atoms with Gasteiger partial charge in [-0.15, -0.1) is 0 Å². The Morgan fingerprint density at radius 3 is 2.19 bits per heavy atom. The lowest BCUT2D eigenvalue weighted by atomic mass is 10.1. The smallest absolute Gasteiger partial charge is 0.0346 e. The third-order valence-corrected chi connectivity index (χ3v) is 4.67. The minimum absolute atomic E-state index is 0.855. The zero-order chi connectivity index (χ0) is 10.8. The summed E-state index contributed by atoms with van der Waals surface area (Å²) >= 11 is 0. The molecule has 0 amide bonds. The minimum Gasteiger partial charge on any atom is -0.314 e. The second-order valence-corrected chi connectivity index (χ2v) is 5.80. The Morgan fingerprint density at radius 1 is 0.938 bits per heavy atom. The van der Waals surface area contributed by atoms with Crippen molar-refractivity contribution in [3.05, 3.63) is 0 Å². The summed E-state index contributed by atoms with van der Waals surface area (Å²) < 4.78 is 0. The lowest BCUT2D eigenvalue weighted by Gasteiger charge is -2.43. The van der Waals surface area contributed by atoms with Gasteiger partial charge in [-0.05, 0) is 18.8 Å². The van der Waals surface area contributed by atoms with E-state index in [2.05, 4.69) is 15.1 Å². The Morgan fingerprint density at radius 2 is 1.62 bits per heavy atom. The molecule has 3 rings (SSSR count). The van der Waals surface area contributed by atoms with E-state index < -0.39 is 0 Å². The highest BCUT2D eigenvalue weighted by atomic mass is 15.3. The number of rotatable bonds is 3. The molecule has 2 saturated heterocycles. The van der Waals surface area contributed by atoms with Crippen molar-refractivity contribution in [1.82, 2.24) is 15.1 Å². The van der Waals surface area contributed by atoms with E-state index in [0.29, 0.717) is 0 Å². The van der Waals surface area contributed by atoms with Crippen molar-refractivity contribution in [2.24, 2.45) is 5.92 Å². The monoisotopic (exact) mass is 223 g/mol. The molecule has 0 bridgehead atoms. The van der Waals surface area contributed by atoms with Crippen LogP contribution < -0.4 is 5.32 Å². The van der Waals surface area contributed by atoms with Crippen LogP contribution in [0.15, 0.2) is 0 Å². The van der Waals surface area contributed by atoms with Crippen molar-refractivity contribution in [2.45, 2.75) is 31.7 Å². The molecule has 2 aliphatic heterocycles. The van der Waals surface area contributed by atoms with Crippen LogP contribution in [0.1, 0.15) is 25.7 Å². The predicted octanol–water partition coefficient (Wildman–Crippen LogP) is 0.766. The van der Waals surface area contributed by atoms with Crippen LogP contribution in [0.4, 0.5) is 0 Å². The van der Waals surface area contributed by atoms with Gasteiger partial charge in [0.25, 0.3) is 0 Å². The van der Waals surface area contributed by atoms with Crippen LogP contribution >= 0.6 is 0 Å². The second kappa shape index (κ2) is 5.03. The number of nitrogens with zero attached hydrogens (tertiary/aromatic N) is 2. The molecule has 0 aromatic heterocycles. The fourth-order valence-electron chi connectivity index (χ4n) is 3.40. The molecule has 3 fully saturated rings. The van der Waals surface area contributed by atoms with Gasteiger partial charge >= 0.3 is 0 Å². The third-order valence-electron chi connectivity index (χ3n) is 4.67. The first-order valence-electron chi connectivity index (χ1n) is 7.09. The van der Waals surface area contributed by atoms with Crippen molar-refractivity contribution < 1.29 is 0 Å². The molecule has 16 heavy (non-hydrogen) atoms. The fraction of sp³-hybridized carbons (Fsp3) is 1.00. The highest BCUT2D eigenvalue weighted by Gasteiger charge is 2.28. The van der Waals surface area contributed by atoms with Crippen molar-refractivity contribution in [1.29, 1.82) is 0 Å². The average Bonchev–Trinajstić information content (AvgIpc) is 2.71. The summed E-state index contributed by atoms with van der Waals surface area (Å²) in [5.41, 5.74) is 0. The van der Waals surface area contributed by atoms with Crippen LogP contribution in [-0.4, -0.2) is 61.7 Å². The summed E-state index contributed by atoms with van der Waals surface area (Å²) in [6, 6.07) is 0.855. The third kappa shape index (κ3) is 2.41. The van der Waals surface area contributed by atoms with Crippen molar-refractivity contribution in [3.63, 3.8) is 0 Å². The molecule has 1 saturated carbocycles. The molecule has 3 aliphatic rings. The van der Waals surface area contributed by atoms with Gasteiger partial charge in [-0.3, -0.25) is 4.90 Å². The van der Waals surface area contributed by atoms with E-state index >= 15 is 0 Å². The van der Waals surface area contributed by atoms with Crippen LogP contribution in [0.2, 0.25) is 0 Å². The van der Waals surface area contributed by atoms with Crippen LogP contribution in [0, 0.1) is 5.92 Å². The van der Waals surface area contributed by atoms with Gasteiger partial charge in [0.05, 0.1) is 0 Å². The number of hydrogen-bond acceptors (Lipinski definition) is 3. The Bertz CT molecular complexity index is 213. The molecule has 1 aliphatic carbocycles. The molecule has 3 heteroatoms. The maximum absolute atomic E-state index is 3.37. The lowest BCUT2D eigenvalue weighted by molar-refractivity contribution is 0.0658. The molecule has 0 atom stereocenters. The molecular formula is C13H25N3. The van der Waals surface area contributed by atoms with Crippen LogP contribution in [0.3, 0.4) is 0 Å². The average molecular weight is 223 g/mol. The first-order valence-corrected chi connectivity index (χ1v) is 7.09. The van der Waals surface area contributed by atoms with Crippen LogP contribution in [0.25, 0.3) is 0 Å². The SMILES string of the molecule is C1CCC(CN2CCN(C3CNC3)CC2)C1. The summed E-state index contributed by atoms with van der Waals surface area (Å²) in [6.45, 7) is 9.07. The topological polar surface area (TPSA) is 18.5 Å². The lowest BCUT2D eigenvalue weighted by Crippen LogP contribution is -2.61. The number of piperazine rings is 1. The summed E-state index contributed by atoms with van der Waals surface area (Å²) in [6.07, 6.45) is 5.95. The van der Waals surface area contributed by atoms with Gasteiger partial charge in [-0.25, -0.2) is 0 Å². The Balaban J connectivity index is 1.39.